The maximum Gasteiger partial charge on any atom is 0.317 e. The van der Waals surface area contributed by atoms with Gasteiger partial charge < -0.3 is 15.5 Å². The van der Waals surface area contributed by atoms with Crippen molar-refractivity contribution in [1.82, 2.24) is 15.5 Å². The van der Waals surface area contributed by atoms with Crippen LogP contribution in [0.1, 0.15) is 38.5 Å². The third kappa shape index (κ3) is 4.34. The molecule has 0 aromatic rings. The Kier molecular flexibility index (Phi) is 5.66. The van der Waals surface area contributed by atoms with Crippen molar-refractivity contribution in [3.8, 4) is 0 Å². The summed E-state index contributed by atoms with van der Waals surface area (Å²) in [5.41, 5.74) is 0. The van der Waals surface area contributed by atoms with Gasteiger partial charge in [0, 0.05) is 26.2 Å². The second kappa shape index (κ2) is 7.30. The summed E-state index contributed by atoms with van der Waals surface area (Å²) < 4.78 is 24.3. The van der Waals surface area contributed by atoms with Crippen molar-refractivity contribution in [2.24, 2.45) is 0 Å². The number of nitrogens with one attached hydrogen (secondary N) is 2. The van der Waals surface area contributed by atoms with Crippen LogP contribution in [0.15, 0.2) is 0 Å². The predicted molar refractivity (Wildman–Crippen MR) is 83.2 cm³/mol. The van der Waals surface area contributed by atoms with Gasteiger partial charge in [-0.15, -0.1) is 0 Å². The lowest BCUT2D eigenvalue weighted by molar-refractivity contribution is -0.118. The molecule has 7 nitrogen and oxygen atoms in total. The summed E-state index contributed by atoms with van der Waals surface area (Å²) in [7, 11) is -2.01. The van der Waals surface area contributed by atoms with Gasteiger partial charge in [0.2, 0.25) is 5.91 Å². The summed E-state index contributed by atoms with van der Waals surface area (Å²) in [5, 5.41) is 4.82. The number of urea groups is 1. The molecule has 0 unspecified atom stereocenters. The molecule has 1 saturated carbocycles. The number of rotatable bonds is 4. The molecule has 3 amide bonds. The number of hydrogen-bond donors (Lipinski definition) is 2. The van der Waals surface area contributed by atoms with Crippen LogP contribution in [-0.2, 0) is 14.6 Å². The van der Waals surface area contributed by atoms with Gasteiger partial charge in [-0.05, 0) is 25.7 Å². The quantitative estimate of drug-likeness (QED) is 0.772. The lowest BCUT2D eigenvalue weighted by Gasteiger charge is -2.32. The normalized spacial score (nSPS) is 20.9. The van der Waals surface area contributed by atoms with Crippen LogP contribution in [0, 0.1) is 0 Å². The third-order valence-corrected chi connectivity index (χ3v) is 6.68. The summed E-state index contributed by atoms with van der Waals surface area (Å²) >= 11 is 0. The molecule has 1 aliphatic heterocycles. The third-order valence-electron chi connectivity index (χ3n) is 4.53. The van der Waals surface area contributed by atoms with Crippen LogP contribution in [0.25, 0.3) is 0 Å². The van der Waals surface area contributed by atoms with Crippen LogP contribution in [0.5, 0.6) is 0 Å². The molecule has 0 atom stereocenters. The Morgan fingerprint density at radius 3 is 2.23 bits per heavy atom. The summed E-state index contributed by atoms with van der Waals surface area (Å²) in [4.78, 5) is 25.1. The predicted octanol–water partition coefficient (Wildman–Crippen LogP) is 0.264. The number of carbonyl (C=O) groups excluding carboxylic acids is 2. The molecule has 1 saturated heterocycles. The van der Waals surface area contributed by atoms with Crippen molar-refractivity contribution < 1.29 is 18.0 Å². The molecule has 0 bridgehead atoms. The molecule has 2 fully saturated rings. The number of likely N-dealkylation sites (tertiary alicyclic amines) is 1. The van der Waals surface area contributed by atoms with E-state index < -0.39 is 26.7 Å². The molecule has 2 rings (SSSR count). The van der Waals surface area contributed by atoms with E-state index >= 15 is 0 Å². The van der Waals surface area contributed by atoms with E-state index in [1.807, 2.05) is 0 Å². The molecular formula is C14H25N3O4S. The average molecular weight is 331 g/mol. The second-order valence-electron chi connectivity index (χ2n) is 6.10. The van der Waals surface area contributed by atoms with Gasteiger partial charge in [-0.2, -0.15) is 0 Å². The minimum absolute atomic E-state index is 0.0888. The molecule has 0 spiro atoms. The molecule has 126 valence electrons. The van der Waals surface area contributed by atoms with E-state index in [0.717, 1.165) is 25.7 Å². The van der Waals surface area contributed by atoms with Gasteiger partial charge in [0.05, 0.1) is 5.25 Å². The largest absolute Gasteiger partial charge is 0.358 e. The Balaban J connectivity index is 1.81. The van der Waals surface area contributed by atoms with Crippen molar-refractivity contribution in [3.05, 3.63) is 0 Å². The van der Waals surface area contributed by atoms with Crippen LogP contribution < -0.4 is 10.6 Å². The van der Waals surface area contributed by atoms with Crippen LogP contribution in [-0.4, -0.2) is 62.4 Å². The SMILES string of the molecule is CNC(=O)CS(=O)(=O)C1CCN(C(=O)NC2CCCC2)CC1. The molecule has 0 aromatic heterocycles. The fraction of sp³-hybridized carbons (Fsp3) is 0.857. The highest BCUT2D eigenvalue weighted by molar-refractivity contribution is 7.92. The van der Waals surface area contributed by atoms with Crippen molar-refractivity contribution in [2.75, 3.05) is 25.9 Å². The Labute approximate surface area is 131 Å². The first-order valence-electron chi connectivity index (χ1n) is 7.90. The van der Waals surface area contributed by atoms with Gasteiger partial charge in [-0.1, -0.05) is 12.8 Å². The van der Waals surface area contributed by atoms with E-state index in [0.29, 0.717) is 25.9 Å². The first kappa shape index (κ1) is 17.1. The van der Waals surface area contributed by atoms with Gasteiger partial charge in [-0.25, -0.2) is 13.2 Å². The van der Waals surface area contributed by atoms with Crippen LogP contribution in [0.2, 0.25) is 0 Å². The summed E-state index contributed by atoms with van der Waals surface area (Å²) in [5.74, 6) is -0.955. The molecule has 2 N–H and O–H groups in total. The van der Waals surface area contributed by atoms with Gasteiger partial charge in [0.1, 0.15) is 5.75 Å². The van der Waals surface area contributed by atoms with Crippen molar-refractivity contribution in [3.63, 3.8) is 0 Å². The summed E-state index contributed by atoms with van der Waals surface area (Å²) in [6.07, 6.45) is 5.18. The number of sulfone groups is 1. The van der Waals surface area contributed by atoms with Crippen molar-refractivity contribution in [2.45, 2.75) is 49.8 Å². The highest BCUT2D eigenvalue weighted by Gasteiger charge is 2.33. The number of nitrogens with zero attached hydrogens (tertiary/aromatic N) is 1. The Bertz CT molecular complexity index is 506. The average Bonchev–Trinajstić information content (AvgIpc) is 2.99. The van der Waals surface area contributed by atoms with Crippen molar-refractivity contribution in [1.29, 1.82) is 0 Å². The Hall–Kier alpha value is -1.31. The zero-order chi connectivity index (χ0) is 16.2. The monoisotopic (exact) mass is 331 g/mol. The lowest BCUT2D eigenvalue weighted by Crippen LogP contribution is -2.49. The number of hydrogen-bond acceptors (Lipinski definition) is 4. The van der Waals surface area contributed by atoms with E-state index in [1.54, 1.807) is 4.90 Å². The molecule has 1 aliphatic carbocycles. The van der Waals surface area contributed by atoms with Gasteiger partial charge in [-0.3, -0.25) is 4.79 Å². The fourth-order valence-corrected chi connectivity index (χ4v) is 4.80. The number of carbonyl (C=O) groups is 2. The first-order valence-corrected chi connectivity index (χ1v) is 9.61. The fourth-order valence-electron chi connectivity index (χ4n) is 3.13. The minimum Gasteiger partial charge on any atom is -0.358 e. The molecular weight excluding hydrogens is 306 g/mol. The highest BCUT2D eigenvalue weighted by atomic mass is 32.2. The van der Waals surface area contributed by atoms with Crippen molar-refractivity contribution >= 4 is 21.8 Å². The van der Waals surface area contributed by atoms with Crippen LogP contribution in [0.3, 0.4) is 0 Å². The molecule has 0 radical (unpaired) electrons. The lowest BCUT2D eigenvalue weighted by atomic mass is 10.1. The molecule has 0 aromatic carbocycles. The molecule has 2 aliphatic rings. The molecule has 8 heteroatoms. The zero-order valence-electron chi connectivity index (χ0n) is 13.0. The maximum atomic E-state index is 12.1. The van der Waals surface area contributed by atoms with E-state index in [1.165, 1.54) is 7.05 Å². The van der Waals surface area contributed by atoms with Gasteiger partial charge >= 0.3 is 6.03 Å². The van der Waals surface area contributed by atoms with Crippen LogP contribution in [0.4, 0.5) is 4.79 Å². The Morgan fingerprint density at radius 1 is 1.09 bits per heavy atom. The number of piperidine rings is 1. The molecule has 1 heterocycles. The minimum atomic E-state index is -3.44. The second-order valence-corrected chi connectivity index (χ2v) is 8.38. The van der Waals surface area contributed by atoms with E-state index in [2.05, 4.69) is 10.6 Å². The number of amides is 3. The first-order chi connectivity index (χ1) is 10.4. The standard InChI is InChI=1S/C14H25N3O4S/c1-15-13(18)10-22(20,21)12-6-8-17(9-7-12)14(19)16-11-4-2-3-5-11/h11-12H,2-10H2,1H3,(H,15,18)(H,16,19). The topological polar surface area (TPSA) is 95.6 Å². The van der Waals surface area contributed by atoms with Gasteiger partial charge in [0.15, 0.2) is 9.84 Å². The van der Waals surface area contributed by atoms with E-state index in [4.69, 9.17) is 0 Å². The maximum absolute atomic E-state index is 12.1. The van der Waals surface area contributed by atoms with Gasteiger partial charge in [0.25, 0.3) is 0 Å². The summed E-state index contributed by atoms with van der Waals surface area (Å²) in [6.45, 7) is 0.854. The smallest absolute Gasteiger partial charge is 0.317 e. The van der Waals surface area contributed by atoms with Crippen LogP contribution >= 0.6 is 0 Å². The molecule has 22 heavy (non-hydrogen) atoms. The Morgan fingerprint density at radius 2 is 1.68 bits per heavy atom. The van der Waals surface area contributed by atoms with E-state index in [9.17, 15) is 18.0 Å². The highest BCUT2D eigenvalue weighted by Crippen LogP contribution is 2.21. The van der Waals surface area contributed by atoms with E-state index in [-0.39, 0.29) is 12.1 Å². The zero-order valence-corrected chi connectivity index (χ0v) is 13.8. The summed E-state index contributed by atoms with van der Waals surface area (Å²) in [6, 6.07) is 0.177.